The van der Waals surface area contributed by atoms with Crippen molar-refractivity contribution in [3.8, 4) is 0 Å². The van der Waals surface area contributed by atoms with Crippen LogP contribution >= 0.6 is 0 Å². The zero-order chi connectivity index (χ0) is 57.8. The van der Waals surface area contributed by atoms with Crippen molar-refractivity contribution < 1.29 is 28.6 Å². The van der Waals surface area contributed by atoms with E-state index < -0.39 is 6.10 Å². The van der Waals surface area contributed by atoms with Crippen LogP contribution in [0.3, 0.4) is 0 Å². The van der Waals surface area contributed by atoms with Crippen LogP contribution in [-0.4, -0.2) is 37.2 Å². The molecule has 0 N–H and O–H groups in total. The van der Waals surface area contributed by atoms with Crippen molar-refractivity contribution in [1.82, 2.24) is 0 Å². The highest BCUT2D eigenvalue weighted by atomic mass is 16.6. The van der Waals surface area contributed by atoms with Gasteiger partial charge in [0, 0.05) is 19.3 Å². The Kier molecular flexibility index (Phi) is 65.7. The quantitative estimate of drug-likeness (QED) is 0.0261. The molecule has 0 aromatic rings. The van der Waals surface area contributed by atoms with Crippen LogP contribution in [0, 0.1) is 0 Å². The number of ether oxygens (including phenoxy) is 3. The summed E-state index contributed by atoms with van der Waals surface area (Å²) in [5, 5.41) is 0. The number of hydrogen-bond acceptors (Lipinski definition) is 6. The molecule has 0 fully saturated rings. The Balaban J connectivity index is 4.14. The molecule has 6 heteroatoms. The number of esters is 3. The first-order valence-corrected chi connectivity index (χ1v) is 34.9. The molecule has 0 aliphatic carbocycles. The van der Waals surface area contributed by atoms with Gasteiger partial charge < -0.3 is 14.2 Å². The highest BCUT2D eigenvalue weighted by Crippen LogP contribution is 2.18. The van der Waals surface area contributed by atoms with E-state index in [4.69, 9.17) is 14.2 Å². The molecule has 0 aliphatic rings. The van der Waals surface area contributed by atoms with Crippen molar-refractivity contribution in [3.63, 3.8) is 0 Å². The molecule has 0 heterocycles. The molecule has 0 aromatic heterocycles. The largest absolute Gasteiger partial charge is 0.462 e. The fourth-order valence-electron chi connectivity index (χ4n) is 10.2. The van der Waals surface area contributed by atoms with Gasteiger partial charge in [0.05, 0.1) is 0 Å². The van der Waals surface area contributed by atoms with Crippen LogP contribution in [0.15, 0.2) is 72.9 Å². The van der Waals surface area contributed by atoms with Gasteiger partial charge in [-0.15, -0.1) is 0 Å². The van der Waals surface area contributed by atoms with Crippen LogP contribution in [0.25, 0.3) is 0 Å². The smallest absolute Gasteiger partial charge is 0.306 e. The molecule has 0 rings (SSSR count). The molecule has 0 saturated carbocycles. The lowest BCUT2D eigenvalue weighted by Gasteiger charge is -2.18. The van der Waals surface area contributed by atoms with Gasteiger partial charge in [-0.1, -0.05) is 325 Å². The molecule has 0 radical (unpaired) electrons. The minimum atomic E-state index is -0.773. The average molecular weight is 1120 g/mol. The Morgan fingerprint density at radius 2 is 0.487 bits per heavy atom. The second kappa shape index (κ2) is 68.3. The number of rotatable bonds is 64. The van der Waals surface area contributed by atoms with E-state index in [1.165, 1.54) is 231 Å². The Bertz CT molecular complexity index is 1470. The van der Waals surface area contributed by atoms with Crippen LogP contribution in [-0.2, 0) is 28.6 Å². The number of unbranched alkanes of at least 4 members (excludes halogenated alkanes) is 41. The third kappa shape index (κ3) is 65.7. The minimum absolute atomic E-state index is 0.0708. The summed E-state index contributed by atoms with van der Waals surface area (Å²) in [6.07, 6.45) is 89.4. The SMILES string of the molecule is CC/C=C\C/C=C\C/C=C\C/C=C\C/C=C\CCCCCCCCCCCCCCCCCC(=O)OCC(COC(=O)CCCCCCCCCCCC)OC(=O)CCCCCCCCCCC/C=C\CCCCCCCCCC. The van der Waals surface area contributed by atoms with E-state index in [2.05, 4.69) is 93.7 Å². The fraction of sp³-hybridized carbons (Fsp3) is 0.797. The second-order valence-electron chi connectivity index (χ2n) is 23.4. The van der Waals surface area contributed by atoms with E-state index in [0.29, 0.717) is 19.3 Å². The Morgan fingerprint density at radius 3 is 0.775 bits per heavy atom. The molecule has 0 saturated heterocycles. The third-order valence-electron chi connectivity index (χ3n) is 15.4. The molecule has 6 nitrogen and oxygen atoms in total. The molecule has 0 amide bonds. The van der Waals surface area contributed by atoms with Gasteiger partial charge in [-0.05, 0) is 89.9 Å². The Morgan fingerprint density at radius 1 is 0.263 bits per heavy atom. The van der Waals surface area contributed by atoms with Gasteiger partial charge in [0.15, 0.2) is 6.10 Å². The lowest BCUT2D eigenvalue weighted by molar-refractivity contribution is -0.167. The first-order valence-electron chi connectivity index (χ1n) is 34.9. The molecule has 1 unspecified atom stereocenters. The predicted molar refractivity (Wildman–Crippen MR) is 348 cm³/mol. The van der Waals surface area contributed by atoms with E-state index >= 15 is 0 Å². The monoisotopic (exact) mass is 1120 g/mol. The lowest BCUT2D eigenvalue weighted by atomic mass is 10.0. The molecule has 0 aromatic carbocycles. The van der Waals surface area contributed by atoms with Gasteiger partial charge in [-0.3, -0.25) is 14.4 Å². The standard InChI is InChI=1S/C74H132O6/c1-4-7-10-13-16-19-22-24-26-28-30-32-33-34-35-36-37-38-39-40-41-43-44-46-48-50-52-55-58-61-64-67-73(76)79-70-71(69-78-72(75)66-63-60-57-54-21-18-15-12-9-6-3)80-74(77)68-65-62-59-56-53-51-49-47-45-42-31-29-27-25-23-20-17-14-11-8-5-2/h7,10,16,19,24,26,29-32,34-35,71H,4-6,8-9,11-15,17-18,20-23,25,27-28,33,36-70H2,1-3H3/b10-7-,19-16-,26-24-,31-29-,32-30-,35-34-. The lowest BCUT2D eigenvalue weighted by Crippen LogP contribution is -2.30. The van der Waals surface area contributed by atoms with E-state index in [1.54, 1.807) is 0 Å². The van der Waals surface area contributed by atoms with Gasteiger partial charge in [0.25, 0.3) is 0 Å². The van der Waals surface area contributed by atoms with Crippen LogP contribution in [0.5, 0.6) is 0 Å². The summed E-state index contributed by atoms with van der Waals surface area (Å²) >= 11 is 0. The van der Waals surface area contributed by atoms with Crippen LogP contribution in [0.1, 0.15) is 361 Å². The molecule has 80 heavy (non-hydrogen) atoms. The van der Waals surface area contributed by atoms with E-state index in [-0.39, 0.29) is 31.1 Å². The normalized spacial score (nSPS) is 12.5. The fourth-order valence-corrected chi connectivity index (χ4v) is 10.2. The molecule has 0 aliphatic heterocycles. The summed E-state index contributed by atoms with van der Waals surface area (Å²) in [6.45, 7) is 6.56. The van der Waals surface area contributed by atoms with Crippen LogP contribution in [0.4, 0.5) is 0 Å². The first-order chi connectivity index (χ1) is 39.5. The second-order valence-corrected chi connectivity index (χ2v) is 23.4. The Hall–Kier alpha value is -3.15. The third-order valence-corrected chi connectivity index (χ3v) is 15.4. The van der Waals surface area contributed by atoms with Gasteiger partial charge in [0.2, 0.25) is 0 Å². The summed E-state index contributed by atoms with van der Waals surface area (Å²) in [7, 11) is 0. The van der Waals surface area contributed by atoms with Gasteiger partial charge in [0.1, 0.15) is 13.2 Å². The highest BCUT2D eigenvalue weighted by molar-refractivity contribution is 5.71. The molecule has 0 bridgehead atoms. The van der Waals surface area contributed by atoms with Crippen molar-refractivity contribution in [1.29, 1.82) is 0 Å². The number of carbonyl (C=O) groups is 3. The maximum absolute atomic E-state index is 12.9. The van der Waals surface area contributed by atoms with E-state index in [1.807, 2.05) is 0 Å². The van der Waals surface area contributed by atoms with Crippen molar-refractivity contribution in [2.45, 2.75) is 367 Å². The zero-order valence-electron chi connectivity index (χ0n) is 53.3. The Labute approximate surface area is 497 Å². The molecular weight excluding hydrogens is 985 g/mol. The van der Waals surface area contributed by atoms with Crippen molar-refractivity contribution in [2.24, 2.45) is 0 Å². The number of carbonyl (C=O) groups excluding carboxylic acids is 3. The number of hydrogen-bond donors (Lipinski definition) is 0. The minimum Gasteiger partial charge on any atom is -0.462 e. The van der Waals surface area contributed by atoms with Crippen molar-refractivity contribution in [2.75, 3.05) is 13.2 Å². The highest BCUT2D eigenvalue weighted by Gasteiger charge is 2.19. The van der Waals surface area contributed by atoms with Gasteiger partial charge in [-0.2, -0.15) is 0 Å². The summed E-state index contributed by atoms with van der Waals surface area (Å²) in [5.74, 6) is -0.854. The first kappa shape index (κ1) is 76.9. The van der Waals surface area contributed by atoms with Crippen molar-refractivity contribution in [3.05, 3.63) is 72.9 Å². The zero-order valence-corrected chi connectivity index (χ0v) is 53.3. The summed E-state index contributed by atoms with van der Waals surface area (Å²) in [6, 6.07) is 0. The van der Waals surface area contributed by atoms with Gasteiger partial charge >= 0.3 is 17.9 Å². The summed E-state index contributed by atoms with van der Waals surface area (Å²) in [5.41, 5.74) is 0. The maximum Gasteiger partial charge on any atom is 0.306 e. The molecule has 0 spiro atoms. The summed E-state index contributed by atoms with van der Waals surface area (Å²) < 4.78 is 16.9. The number of allylic oxidation sites excluding steroid dienone is 12. The topological polar surface area (TPSA) is 78.9 Å². The molecule has 464 valence electrons. The maximum atomic E-state index is 12.9. The predicted octanol–water partition coefficient (Wildman–Crippen LogP) is 24.1. The summed E-state index contributed by atoms with van der Waals surface area (Å²) in [4.78, 5) is 38.3. The van der Waals surface area contributed by atoms with Crippen LogP contribution in [0.2, 0.25) is 0 Å². The van der Waals surface area contributed by atoms with E-state index in [0.717, 1.165) is 89.9 Å². The van der Waals surface area contributed by atoms with Crippen LogP contribution < -0.4 is 0 Å². The van der Waals surface area contributed by atoms with Crippen molar-refractivity contribution >= 4 is 17.9 Å². The van der Waals surface area contributed by atoms with E-state index in [9.17, 15) is 14.4 Å². The molecule has 1 atom stereocenters. The molecular formula is C74H132O6. The average Bonchev–Trinajstić information content (AvgIpc) is 3.46. The van der Waals surface area contributed by atoms with Gasteiger partial charge in [-0.25, -0.2) is 0 Å².